The molecule has 0 aliphatic carbocycles. The lowest BCUT2D eigenvalue weighted by molar-refractivity contribution is 0.162. The molecule has 14 heavy (non-hydrogen) atoms. The van der Waals surface area contributed by atoms with Gasteiger partial charge in [0.25, 0.3) is 0 Å². The molecule has 0 amide bonds. The van der Waals surface area contributed by atoms with E-state index in [9.17, 15) is 8.78 Å². The lowest BCUT2D eigenvalue weighted by atomic mass is 10.0. The summed E-state index contributed by atoms with van der Waals surface area (Å²) < 4.78 is 26.1. The highest BCUT2D eigenvalue weighted by atomic mass is 35.5. The molecule has 2 atom stereocenters. The Morgan fingerprint density at radius 1 is 1.43 bits per heavy atom. The second-order valence-electron chi connectivity index (χ2n) is 3.03. The topological polar surface area (TPSA) is 46.2 Å². The van der Waals surface area contributed by atoms with Crippen LogP contribution >= 0.6 is 11.6 Å². The predicted molar refractivity (Wildman–Crippen MR) is 50.0 cm³/mol. The Hall–Kier alpha value is -0.710. The van der Waals surface area contributed by atoms with E-state index in [-0.39, 0.29) is 5.56 Å². The number of aliphatic hydroxyl groups excluding tert-OH is 1. The van der Waals surface area contributed by atoms with Gasteiger partial charge in [-0.3, -0.25) is 0 Å². The number of aliphatic hydroxyl groups is 1. The van der Waals surface area contributed by atoms with Crippen LogP contribution < -0.4 is 5.73 Å². The molecular weight excluding hydrogens is 212 g/mol. The van der Waals surface area contributed by atoms with E-state index in [1.807, 2.05) is 0 Å². The van der Waals surface area contributed by atoms with Gasteiger partial charge in [-0.25, -0.2) is 8.78 Å². The summed E-state index contributed by atoms with van der Waals surface area (Å²) in [4.78, 5) is 0. The van der Waals surface area contributed by atoms with Crippen LogP contribution in [0, 0.1) is 11.6 Å². The Labute approximate surface area is 85.3 Å². The SMILES string of the molecule is C[C@@H](O)[C@@H](N)c1ccc(F)c(Cl)c1F. The number of nitrogens with two attached hydrogens (primary N) is 1. The van der Waals surface area contributed by atoms with Gasteiger partial charge in [-0.2, -0.15) is 0 Å². The fourth-order valence-corrected chi connectivity index (χ4v) is 1.23. The van der Waals surface area contributed by atoms with Crippen molar-refractivity contribution in [1.82, 2.24) is 0 Å². The first-order valence-corrected chi connectivity index (χ1v) is 4.40. The zero-order valence-corrected chi connectivity index (χ0v) is 8.22. The smallest absolute Gasteiger partial charge is 0.149 e. The van der Waals surface area contributed by atoms with Gasteiger partial charge in [-0.1, -0.05) is 17.7 Å². The van der Waals surface area contributed by atoms with Crippen LogP contribution in [0.2, 0.25) is 5.02 Å². The van der Waals surface area contributed by atoms with Gasteiger partial charge in [-0.15, -0.1) is 0 Å². The molecule has 78 valence electrons. The van der Waals surface area contributed by atoms with Crippen LogP contribution in [0.5, 0.6) is 0 Å². The zero-order valence-electron chi connectivity index (χ0n) is 7.47. The number of halogens is 3. The molecule has 1 aromatic carbocycles. The molecule has 0 fully saturated rings. The van der Waals surface area contributed by atoms with E-state index in [0.717, 1.165) is 6.07 Å². The third-order valence-corrected chi connectivity index (χ3v) is 2.29. The molecule has 0 bridgehead atoms. The Bertz CT molecular complexity index is 344. The summed E-state index contributed by atoms with van der Waals surface area (Å²) >= 11 is 5.34. The van der Waals surface area contributed by atoms with Crippen molar-refractivity contribution in [2.45, 2.75) is 19.1 Å². The van der Waals surface area contributed by atoms with Crippen molar-refractivity contribution in [3.05, 3.63) is 34.4 Å². The molecule has 1 rings (SSSR count). The van der Waals surface area contributed by atoms with E-state index in [4.69, 9.17) is 22.4 Å². The van der Waals surface area contributed by atoms with Crippen LogP contribution in [-0.4, -0.2) is 11.2 Å². The van der Waals surface area contributed by atoms with Gasteiger partial charge in [0.2, 0.25) is 0 Å². The lowest BCUT2D eigenvalue weighted by Crippen LogP contribution is -2.24. The minimum Gasteiger partial charge on any atom is -0.391 e. The molecule has 1 aromatic rings. The Balaban J connectivity index is 3.17. The maximum absolute atomic E-state index is 13.3. The van der Waals surface area contributed by atoms with Gasteiger partial charge < -0.3 is 10.8 Å². The number of hydrogen-bond donors (Lipinski definition) is 2. The summed E-state index contributed by atoms with van der Waals surface area (Å²) in [7, 11) is 0. The van der Waals surface area contributed by atoms with Crippen LogP contribution in [0.1, 0.15) is 18.5 Å². The Morgan fingerprint density at radius 3 is 2.50 bits per heavy atom. The summed E-state index contributed by atoms with van der Waals surface area (Å²) in [5.74, 6) is -1.76. The van der Waals surface area contributed by atoms with Crippen LogP contribution in [0.3, 0.4) is 0 Å². The number of benzene rings is 1. The Kier molecular flexibility index (Phi) is 3.42. The van der Waals surface area contributed by atoms with Crippen molar-refractivity contribution in [2.75, 3.05) is 0 Å². The van der Waals surface area contributed by atoms with Crippen LogP contribution in [-0.2, 0) is 0 Å². The molecule has 2 nitrogen and oxygen atoms in total. The fraction of sp³-hybridized carbons (Fsp3) is 0.333. The molecule has 0 saturated heterocycles. The van der Waals surface area contributed by atoms with Crippen molar-refractivity contribution in [1.29, 1.82) is 0 Å². The molecule has 0 aromatic heterocycles. The standard InChI is InChI=1S/C9H10ClF2NO/c1-4(14)9(13)5-2-3-6(11)7(10)8(5)12/h2-4,9,14H,13H2,1H3/t4-,9-/m1/s1. The summed E-state index contributed by atoms with van der Waals surface area (Å²) in [5.41, 5.74) is 5.49. The molecule has 5 heteroatoms. The molecular formula is C9H10ClF2NO. The summed E-state index contributed by atoms with van der Waals surface area (Å²) in [5, 5.41) is 8.53. The normalized spacial score (nSPS) is 15.3. The van der Waals surface area contributed by atoms with E-state index >= 15 is 0 Å². The third kappa shape index (κ3) is 2.03. The molecule has 0 heterocycles. The van der Waals surface area contributed by atoms with Crippen molar-refractivity contribution in [2.24, 2.45) is 5.73 Å². The van der Waals surface area contributed by atoms with Crippen molar-refractivity contribution in [3.63, 3.8) is 0 Å². The molecule has 0 radical (unpaired) electrons. The van der Waals surface area contributed by atoms with Crippen molar-refractivity contribution in [3.8, 4) is 0 Å². The number of rotatable bonds is 2. The molecule has 0 saturated carbocycles. The first kappa shape index (κ1) is 11.4. The van der Waals surface area contributed by atoms with Gasteiger partial charge in [0.1, 0.15) is 16.7 Å². The average molecular weight is 222 g/mol. The van der Waals surface area contributed by atoms with Crippen molar-refractivity contribution >= 4 is 11.6 Å². The monoisotopic (exact) mass is 221 g/mol. The number of hydrogen-bond acceptors (Lipinski definition) is 2. The van der Waals surface area contributed by atoms with Gasteiger partial charge in [0.05, 0.1) is 12.1 Å². The maximum Gasteiger partial charge on any atom is 0.149 e. The van der Waals surface area contributed by atoms with Crippen molar-refractivity contribution < 1.29 is 13.9 Å². The minimum atomic E-state index is -0.925. The van der Waals surface area contributed by atoms with Crippen LogP contribution in [0.25, 0.3) is 0 Å². The van der Waals surface area contributed by atoms with Gasteiger partial charge in [0, 0.05) is 5.56 Å². The van der Waals surface area contributed by atoms with Gasteiger partial charge >= 0.3 is 0 Å². The summed E-state index contributed by atoms with van der Waals surface area (Å²) in [6.45, 7) is 1.42. The fourth-order valence-electron chi connectivity index (χ4n) is 1.06. The minimum absolute atomic E-state index is 0.00593. The summed E-state index contributed by atoms with van der Waals surface area (Å²) in [6.07, 6.45) is -0.925. The third-order valence-electron chi connectivity index (χ3n) is 1.94. The summed E-state index contributed by atoms with van der Waals surface area (Å²) in [6, 6.07) is 1.28. The highest BCUT2D eigenvalue weighted by molar-refractivity contribution is 6.30. The molecule has 0 aliphatic rings. The van der Waals surface area contributed by atoms with E-state index in [1.54, 1.807) is 0 Å². The van der Waals surface area contributed by atoms with E-state index in [1.165, 1.54) is 13.0 Å². The average Bonchev–Trinajstić information content (AvgIpc) is 2.13. The Morgan fingerprint density at radius 2 is 2.00 bits per heavy atom. The molecule has 0 unspecified atom stereocenters. The zero-order chi connectivity index (χ0) is 10.9. The molecule has 0 spiro atoms. The van der Waals surface area contributed by atoms with E-state index < -0.39 is 28.8 Å². The van der Waals surface area contributed by atoms with E-state index in [0.29, 0.717) is 0 Å². The van der Waals surface area contributed by atoms with Crippen LogP contribution in [0.4, 0.5) is 8.78 Å². The molecule has 3 N–H and O–H groups in total. The van der Waals surface area contributed by atoms with E-state index in [2.05, 4.69) is 0 Å². The highest BCUT2D eigenvalue weighted by Crippen LogP contribution is 2.26. The second kappa shape index (κ2) is 4.21. The first-order valence-electron chi connectivity index (χ1n) is 4.02. The second-order valence-corrected chi connectivity index (χ2v) is 3.41. The maximum atomic E-state index is 13.3. The van der Waals surface area contributed by atoms with Crippen LogP contribution in [0.15, 0.2) is 12.1 Å². The molecule has 0 aliphatic heterocycles. The lowest BCUT2D eigenvalue weighted by Gasteiger charge is -2.16. The van der Waals surface area contributed by atoms with Gasteiger partial charge in [-0.05, 0) is 13.0 Å². The first-order chi connectivity index (χ1) is 6.45. The van der Waals surface area contributed by atoms with Gasteiger partial charge in [0.15, 0.2) is 0 Å². The largest absolute Gasteiger partial charge is 0.391 e. The quantitative estimate of drug-likeness (QED) is 0.751. The highest BCUT2D eigenvalue weighted by Gasteiger charge is 2.19. The predicted octanol–water partition coefficient (Wildman–Crippen LogP) is 2.00.